The Morgan fingerprint density at radius 1 is 1.56 bits per heavy atom. The van der Waals surface area contributed by atoms with Crippen LogP contribution in [0.2, 0.25) is 0 Å². The molecular formula is C11H11N3O2. The number of azide groups is 1. The average molecular weight is 217 g/mol. The second-order valence-corrected chi connectivity index (χ2v) is 2.93. The maximum Gasteiger partial charge on any atom is 0.309 e. The first-order chi connectivity index (χ1) is 7.77. The average Bonchev–Trinajstić information content (AvgIpc) is 2.31. The van der Waals surface area contributed by atoms with E-state index < -0.39 is 0 Å². The van der Waals surface area contributed by atoms with Crippen LogP contribution in [-0.4, -0.2) is 13.1 Å². The SMILES string of the molecule is COC(=O)CC=Cc1ccccc1N=[N+]=[N-]. The Morgan fingerprint density at radius 3 is 3.00 bits per heavy atom. The van der Waals surface area contributed by atoms with E-state index >= 15 is 0 Å². The predicted octanol–water partition coefficient (Wildman–Crippen LogP) is 3.20. The Kier molecular flexibility index (Phi) is 4.63. The molecule has 0 radical (unpaired) electrons. The lowest BCUT2D eigenvalue weighted by atomic mass is 10.1. The van der Waals surface area contributed by atoms with Gasteiger partial charge in [0.05, 0.1) is 13.5 Å². The van der Waals surface area contributed by atoms with Crippen molar-refractivity contribution in [1.29, 1.82) is 0 Å². The highest BCUT2D eigenvalue weighted by Crippen LogP contribution is 2.20. The summed E-state index contributed by atoms with van der Waals surface area (Å²) in [7, 11) is 1.34. The standard InChI is InChI=1S/C11H11N3O2/c1-16-11(15)8-4-6-9-5-2-3-7-10(9)13-14-12/h2-7H,8H2,1H3. The zero-order valence-corrected chi connectivity index (χ0v) is 8.83. The van der Waals surface area contributed by atoms with E-state index in [1.54, 1.807) is 30.4 Å². The summed E-state index contributed by atoms with van der Waals surface area (Å²) < 4.78 is 4.49. The number of methoxy groups -OCH3 is 1. The highest BCUT2D eigenvalue weighted by Gasteiger charge is 1.97. The molecule has 0 aliphatic heterocycles. The molecule has 5 nitrogen and oxygen atoms in total. The Morgan fingerprint density at radius 2 is 2.31 bits per heavy atom. The normalized spacial score (nSPS) is 9.81. The minimum atomic E-state index is -0.308. The number of ether oxygens (including phenoxy) is 1. The molecule has 1 rings (SSSR count). The Hall–Kier alpha value is -2.26. The summed E-state index contributed by atoms with van der Waals surface area (Å²) >= 11 is 0. The van der Waals surface area contributed by atoms with Crippen LogP contribution >= 0.6 is 0 Å². The van der Waals surface area contributed by atoms with E-state index in [1.165, 1.54) is 7.11 Å². The fraction of sp³-hybridized carbons (Fsp3) is 0.182. The van der Waals surface area contributed by atoms with E-state index in [4.69, 9.17) is 5.53 Å². The molecular weight excluding hydrogens is 206 g/mol. The number of hydrogen-bond acceptors (Lipinski definition) is 3. The summed E-state index contributed by atoms with van der Waals surface area (Å²) in [5.74, 6) is -0.308. The Bertz CT molecular complexity index is 448. The molecule has 0 heterocycles. The maximum absolute atomic E-state index is 10.9. The molecule has 0 aliphatic rings. The zero-order chi connectivity index (χ0) is 11.8. The molecule has 0 bridgehead atoms. The number of benzene rings is 1. The van der Waals surface area contributed by atoms with Gasteiger partial charge in [0.1, 0.15) is 0 Å². The second kappa shape index (κ2) is 6.27. The van der Waals surface area contributed by atoms with Gasteiger partial charge in [-0.1, -0.05) is 41.5 Å². The van der Waals surface area contributed by atoms with Crippen LogP contribution < -0.4 is 0 Å². The fourth-order valence-electron chi connectivity index (χ4n) is 1.13. The number of esters is 1. The predicted molar refractivity (Wildman–Crippen MR) is 60.9 cm³/mol. The second-order valence-electron chi connectivity index (χ2n) is 2.93. The molecule has 5 heteroatoms. The van der Waals surface area contributed by atoms with Gasteiger partial charge in [0.15, 0.2) is 0 Å². The minimum absolute atomic E-state index is 0.196. The van der Waals surface area contributed by atoms with E-state index in [-0.39, 0.29) is 12.4 Å². The van der Waals surface area contributed by atoms with Crippen molar-refractivity contribution in [1.82, 2.24) is 0 Å². The topological polar surface area (TPSA) is 75.1 Å². The fourth-order valence-corrected chi connectivity index (χ4v) is 1.13. The number of carbonyl (C=O) groups excluding carboxylic acids is 1. The van der Waals surface area contributed by atoms with E-state index in [2.05, 4.69) is 14.8 Å². The van der Waals surface area contributed by atoms with Crippen molar-refractivity contribution in [3.8, 4) is 0 Å². The third-order valence-corrected chi connectivity index (χ3v) is 1.90. The molecule has 0 fully saturated rings. The van der Waals surface area contributed by atoms with Gasteiger partial charge >= 0.3 is 5.97 Å². The van der Waals surface area contributed by atoms with Crippen LogP contribution in [-0.2, 0) is 9.53 Å². The monoisotopic (exact) mass is 217 g/mol. The molecule has 0 amide bonds. The lowest BCUT2D eigenvalue weighted by molar-refractivity contribution is -0.139. The van der Waals surface area contributed by atoms with Crippen molar-refractivity contribution in [2.24, 2.45) is 5.11 Å². The highest BCUT2D eigenvalue weighted by molar-refractivity contribution is 5.73. The summed E-state index contributed by atoms with van der Waals surface area (Å²) in [5.41, 5.74) is 9.66. The quantitative estimate of drug-likeness (QED) is 0.336. The van der Waals surface area contributed by atoms with Crippen LogP contribution in [0.15, 0.2) is 35.5 Å². The molecule has 0 N–H and O–H groups in total. The van der Waals surface area contributed by atoms with Crippen molar-refractivity contribution < 1.29 is 9.53 Å². The van der Waals surface area contributed by atoms with Crippen LogP contribution in [0.1, 0.15) is 12.0 Å². The molecule has 0 saturated carbocycles. The van der Waals surface area contributed by atoms with Gasteiger partial charge < -0.3 is 4.74 Å². The van der Waals surface area contributed by atoms with Gasteiger partial charge in [0.2, 0.25) is 0 Å². The first-order valence-electron chi connectivity index (χ1n) is 4.65. The third kappa shape index (κ3) is 3.48. The van der Waals surface area contributed by atoms with Gasteiger partial charge in [-0.3, -0.25) is 4.79 Å². The van der Waals surface area contributed by atoms with Gasteiger partial charge in [0.25, 0.3) is 0 Å². The molecule has 0 saturated heterocycles. The summed E-state index contributed by atoms with van der Waals surface area (Å²) in [4.78, 5) is 13.6. The zero-order valence-electron chi connectivity index (χ0n) is 8.83. The van der Waals surface area contributed by atoms with Gasteiger partial charge in [-0.05, 0) is 11.1 Å². The molecule has 0 atom stereocenters. The van der Waals surface area contributed by atoms with Gasteiger partial charge in [-0.25, -0.2) is 0 Å². The van der Waals surface area contributed by atoms with Gasteiger partial charge in [-0.15, -0.1) is 0 Å². The minimum Gasteiger partial charge on any atom is -0.469 e. The Labute approximate surface area is 93.0 Å². The molecule has 0 unspecified atom stereocenters. The van der Waals surface area contributed by atoms with Crippen LogP contribution in [0.25, 0.3) is 16.5 Å². The van der Waals surface area contributed by atoms with Crippen LogP contribution in [0.5, 0.6) is 0 Å². The van der Waals surface area contributed by atoms with Crippen molar-refractivity contribution >= 4 is 17.7 Å². The largest absolute Gasteiger partial charge is 0.469 e. The van der Waals surface area contributed by atoms with Crippen LogP contribution in [0.3, 0.4) is 0 Å². The molecule has 0 aliphatic carbocycles. The summed E-state index contributed by atoms with van der Waals surface area (Å²) in [5, 5.41) is 3.54. The van der Waals surface area contributed by atoms with E-state index in [1.807, 2.05) is 6.07 Å². The maximum atomic E-state index is 10.9. The van der Waals surface area contributed by atoms with Crippen molar-refractivity contribution in [3.63, 3.8) is 0 Å². The number of carbonyl (C=O) groups is 1. The summed E-state index contributed by atoms with van der Waals surface area (Å²) in [6, 6.07) is 7.12. The number of hydrogen-bond donors (Lipinski definition) is 0. The lowest BCUT2D eigenvalue weighted by Gasteiger charge is -1.98. The Balaban J connectivity index is 2.80. The van der Waals surface area contributed by atoms with Crippen molar-refractivity contribution in [2.75, 3.05) is 7.11 Å². The highest BCUT2D eigenvalue weighted by atomic mass is 16.5. The van der Waals surface area contributed by atoms with Gasteiger partial charge in [-0.2, -0.15) is 0 Å². The molecule has 1 aromatic rings. The van der Waals surface area contributed by atoms with E-state index in [0.717, 1.165) is 5.56 Å². The van der Waals surface area contributed by atoms with Crippen LogP contribution in [0, 0.1) is 0 Å². The van der Waals surface area contributed by atoms with Crippen molar-refractivity contribution in [3.05, 3.63) is 46.3 Å². The van der Waals surface area contributed by atoms with Crippen molar-refractivity contribution in [2.45, 2.75) is 6.42 Å². The number of rotatable bonds is 4. The van der Waals surface area contributed by atoms with E-state index in [0.29, 0.717) is 5.69 Å². The summed E-state index contributed by atoms with van der Waals surface area (Å²) in [6.45, 7) is 0. The first-order valence-corrected chi connectivity index (χ1v) is 4.65. The first kappa shape index (κ1) is 11.8. The van der Waals surface area contributed by atoms with Crippen LogP contribution in [0.4, 0.5) is 5.69 Å². The third-order valence-electron chi connectivity index (χ3n) is 1.90. The lowest BCUT2D eigenvalue weighted by Crippen LogP contribution is -1.96. The molecule has 16 heavy (non-hydrogen) atoms. The smallest absolute Gasteiger partial charge is 0.309 e. The van der Waals surface area contributed by atoms with E-state index in [9.17, 15) is 4.79 Å². The molecule has 0 aromatic heterocycles. The molecule has 1 aromatic carbocycles. The number of nitrogens with zero attached hydrogens (tertiary/aromatic N) is 3. The summed E-state index contributed by atoms with van der Waals surface area (Å²) in [6.07, 6.45) is 3.58. The molecule has 0 spiro atoms. The van der Waals surface area contributed by atoms with Gasteiger partial charge in [0, 0.05) is 10.6 Å². The molecule has 82 valence electrons.